The number of hydrogen-bond donors (Lipinski definition) is 1. The number of para-hydroxylation sites is 1. The molecule has 1 aliphatic rings. The molecule has 0 spiro atoms. The van der Waals surface area contributed by atoms with E-state index in [0.717, 1.165) is 27.9 Å². The van der Waals surface area contributed by atoms with E-state index in [1.165, 1.54) is 4.90 Å². The van der Waals surface area contributed by atoms with Crippen LogP contribution in [0.5, 0.6) is 0 Å². The van der Waals surface area contributed by atoms with Crippen LogP contribution in [0.15, 0.2) is 48.2 Å². The van der Waals surface area contributed by atoms with Gasteiger partial charge in [0.1, 0.15) is 5.70 Å². The van der Waals surface area contributed by atoms with Gasteiger partial charge in [-0.05, 0) is 49.1 Å². The summed E-state index contributed by atoms with van der Waals surface area (Å²) >= 11 is 0. The van der Waals surface area contributed by atoms with Crippen molar-refractivity contribution in [1.29, 1.82) is 0 Å². The van der Waals surface area contributed by atoms with Crippen molar-refractivity contribution in [3.05, 3.63) is 70.4 Å². The summed E-state index contributed by atoms with van der Waals surface area (Å²) in [6.45, 7) is 6.50. The van der Waals surface area contributed by atoms with Crippen molar-refractivity contribution in [3.63, 3.8) is 0 Å². The van der Waals surface area contributed by atoms with Crippen LogP contribution in [0.4, 0.5) is 5.69 Å². The van der Waals surface area contributed by atoms with Crippen molar-refractivity contribution in [2.45, 2.75) is 20.8 Å². The van der Waals surface area contributed by atoms with Gasteiger partial charge in [-0.15, -0.1) is 0 Å². The molecule has 0 saturated carbocycles. The lowest BCUT2D eigenvalue weighted by Crippen LogP contribution is -2.35. The minimum absolute atomic E-state index is 0.224. The maximum absolute atomic E-state index is 13.1. The molecule has 2 aromatic rings. The smallest absolute Gasteiger partial charge is 0.278 e. The van der Waals surface area contributed by atoms with Crippen molar-refractivity contribution in [3.8, 4) is 0 Å². The van der Waals surface area contributed by atoms with Crippen molar-refractivity contribution >= 4 is 23.1 Å². The van der Waals surface area contributed by atoms with Gasteiger partial charge in [-0.2, -0.15) is 0 Å². The predicted octanol–water partition coefficient (Wildman–Crippen LogP) is 3.45. The molecule has 0 aliphatic carbocycles. The lowest BCUT2D eigenvalue weighted by Gasteiger charge is -2.15. The van der Waals surface area contributed by atoms with Gasteiger partial charge in [-0.1, -0.05) is 36.4 Å². The van der Waals surface area contributed by atoms with Crippen molar-refractivity contribution in [2.75, 3.05) is 25.6 Å². The number of rotatable bonds is 6. The number of carbonyl (C=O) groups excluding carboxylic acids is 2. The van der Waals surface area contributed by atoms with Crippen LogP contribution in [-0.2, 0) is 14.3 Å². The van der Waals surface area contributed by atoms with Gasteiger partial charge in [0.15, 0.2) is 0 Å². The lowest BCUT2D eigenvalue weighted by atomic mass is 9.99. The lowest BCUT2D eigenvalue weighted by molar-refractivity contribution is -0.137. The first-order valence-corrected chi connectivity index (χ1v) is 8.93. The van der Waals surface area contributed by atoms with E-state index < -0.39 is 0 Å². The second-order valence-corrected chi connectivity index (χ2v) is 6.74. The molecule has 2 aromatic carbocycles. The highest BCUT2D eigenvalue weighted by atomic mass is 16.5. The van der Waals surface area contributed by atoms with E-state index in [-0.39, 0.29) is 18.4 Å². The molecule has 0 aromatic heterocycles. The van der Waals surface area contributed by atoms with E-state index in [4.69, 9.17) is 4.74 Å². The average molecular weight is 364 g/mol. The summed E-state index contributed by atoms with van der Waals surface area (Å²) in [5.41, 5.74) is 5.48. The summed E-state index contributed by atoms with van der Waals surface area (Å²) in [4.78, 5) is 27.3. The Balaban J connectivity index is 2.09. The fourth-order valence-corrected chi connectivity index (χ4v) is 3.09. The van der Waals surface area contributed by atoms with Gasteiger partial charge in [0, 0.05) is 12.8 Å². The Kier molecular flexibility index (Phi) is 5.42. The fraction of sp³-hybridized carbons (Fsp3) is 0.273. The molecule has 140 valence electrons. The Morgan fingerprint density at radius 1 is 0.926 bits per heavy atom. The van der Waals surface area contributed by atoms with Gasteiger partial charge in [-0.25, -0.2) is 0 Å². The third-order valence-corrected chi connectivity index (χ3v) is 4.89. The summed E-state index contributed by atoms with van der Waals surface area (Å²) < 4.78 is 5.06. The number of amides is 2. The quantitative estimate of drug-likeness (QED) is 0.798. The van der Waals surface area contributed by atoms with Gasteiger partial charge < -0.3 is 10.1 Å². The normalized spacial score (nSPS) is 14.3. The van der Waals surface area contributed by atoms with Crippen LogP contribution in [0, 0.1) is 20.8 Å². The molecule has 0 radical (unpaired) electrons. The monoisotopic (exact) mass is 364 g/mol. The summed E-state index contributed by atoms with van der Waals surface area (Å²) in [5, 5.41) is 3.21. The number of benzene rings is 2. The average Bonchev–Trinajstić information content (AvgIpc) is 2.88. The van der Waals surface area contributed by atoms with Crippen LogP contribution in [0.25, 0.3) is 5.57 Å². The number of ether oxygens (including phenoxy) is 1. The number of anilines is 1. The molecule has 27 heavy (non-hydrogen) atoms. The van der Waals surface area contributed by atoms with Crippen LogP contribution in [0.2, 0.25) is 0 Å². The molecular weight excluding hydrogens is 340 g/mol. The topological polar surface area (TPSA) is 58.6 Å². The van der Waals surface area contributed by atoms with Crippen LogP contribution < -0.4 is 5.32 Å². The molecule has 1 N–H and O–H groups in total. The van der Waals surface area contributed by atoms with Gasteiger partial charge in [0.2, 0.25) is 0 Å². The zero-order valence-corrected chi connectivity index (χ0v) is 16.1. The SMILES string of the molecule is COCCN1C(=O)C(Nc2ccccc2C)=C(c2ccc(C)c(C)c2)C1=O. The molecule has 5 nitrogen and oxygen atoms in total. The number of nitrogens with one attached hydrogen (secondary N) is 1. The summed E-state index contributed by atoms with van der Waals surface area (Å²) in [6, 6.07) is 13.5. The van der Waals surface area contributed by atoms with Crippen molar-refractivity contribution in [1.82, 2.24) is 4.90 Å². The van der Waals surface area contributed by atoms with E-state index in [9.17, 15) is 9.59 Å². The number of carbonyl (C=O) groups is 2. The molecule has 3 rings (SSSR count). The fourth-order valence-electron chi connectivity index (χ4n) is 3.09. The minimum atomic E-state index is -0.325. The molecule has 1 aliphatic heterocycles. The largest absolute Gasteiger partial charge is 0.383 e. The van der Waals surface area contributed by atoms with E-state index in [0.29, 0.717) is 17.9 Å². The Bertz CT molecular complexity index is 931. The molecule has 0 saturated heterocycles. The third-order valence-electron chi connectivity index (χ3n) is 4.89. The summed E-state index contributed by atoms with van der Waals surface area (Å²) in [5.74, 6) is -0.620. The zero-order chi connectivity index (χ0) is 19.6. The first-order valence-electron chi connectivity index (χ1n) is 8.93. The standard InChI is InChI=1S/C22H24N2O3/c1-14-9-10-17(13-16(14)3)19-20(23-18-8-6-5-7-15(18)2)22(26)24(21(19)25)11-12-27-4/h5-10,13,23H,11-12H2,1-4H3. The Morgan fingerprint density at radius 2 is 1.67 bits per heavy atom. The summed E-state index contributed by atoms with van der Waals surface area (Å²) in [7, 11) is 1.55. The predicted molar refractivity (Wildman–Crippen MR) is 106 cm³/mol. The molecule has 2 amide bonds. The van der Waals surface area contributed by atoms with Crippen LogP contribution in [0.1, 0.15) is 22.3 Å². The first kappa shape index (κ1) is 18.9. The highest BCUT2D eigenvalue weighted by Gasteiger charge is 2.39. The Morgan fingerprint density at radius 3 is 2.33 bits per heavy atom. The molecular formula is C22H24N2O3. The Labute approximate surface area is 159 Å². The van der Waals surface area contributed by atoms with Crippen LogP contribution in [0.3, 0.4) is 0 Å². The van der Waals surface area contributed by atoms with E-state index >= 15 is 0 Å². The second-order valence-electron chi connectivity index (χ2n) is 6.74. The summed E-state index contributed by atoms with van der Waals surface area (Å²) in [6.07, 6.45) is 0. The third kappa shape index (κ3) is 3.64. The zero-order valence-electron chi connectivity index (χ0n) is 16.1. The van der Waals surface area contributed by atoms with Gasteiger partial charge in [0.05, 0.1) is 18.7 Å². The van der Waals surface area contributed by atoms with E-state index in [1.807, 2.05) is 63.2 Å². The number of imide groups is 1. The van der Waals surface area contributed by atoms with Gasteiger partial charge >= 0.3 is 0 Å². The van der Waals surface area contributed by atoms with Crippen LogP contribution >= 0.6 is 0 Å². The van der Waals surface area contributed by atoms with Crippen molar-refractivity contribution < 1.29 is 14.3 Å². The van der Waals surface area contributed by atoms with Gasteiger partial charge in [0.25, 0.3) is 11.8 Å². The number of methoxy groups -OCH3 is 1. The first-order chi connectivity index (χ1) is 12.9. The van der Waals surface area contributed by atoms with Gasteiger partial charge in [-0.3, -0.25) is 14.5 Å². The highest BCUT2D eigenvalue weighted by molar-refractivity contribution is 6.36. The number of aryl methyl sites for hydroxylation is 3. The second kappa shape index (κ2) is 7.76. The molecule has 5 heteroatoms. The number of hydrogen-bond acceptors (Lipinski definition) is 4. The molecule has 0 bridgehead atoms. The molecule has 0 fully saturated rings. The van der Waals surface area contributed by atoms with E-state index in [2.05, 4.69) is 5.32 Å². The van der Waals surface area contributed by atoms with E-state index in [1.54, 1.807) is 7.11 Å². The van der Waals surface area contributed by atoms with Crippen LogP contribution in [-0.4, -0.2) is 37.0 Å². The molecule has 1 heterocycles. The maximum atomic E-state index is 13.1. The maximum Gasteiger partial charge on any atom is 0.278 e. The number of nitrogens with zero attached hydrogens (tertiary/aromatic N) is 1. The highest BCUT2D eigenvalue weighted by Crippen LogP contribution is 2.32. The molecule has 0 unspecified atom stereocenters. The minimum Gasteiger partial charge on any atom is -0.383 e. The Hall–Kier alpha value is -2.92. The molecule has 0 atom stereocenters. The van der Waals surface area contributed by atoms with Crippen molar-refractivity contribution in [2.24, 2.45) is 0 Å².